The number of likely N-dealkylation sites (N-methyl/N-ethyl adjacent to an activating group) is 1. The van der Waals surface area contributed by atoms with E-state index in [1.54, 1.807) is 0 Å². The topological polar surface area (TPSA) is 178 Å². The molecule has 15 heteroatoms. The minimum atomic E-state index is -4.16. The van der Waals surface area contributed by atoms with Crippen LogP contribution >= 0.6 is 7.82 Å². The SMILES string of the molecule is COP(=O)(OCCN(C)c1ccc2nc3ccccc3nc2c1)OC[C@]1(n2ccc(=O)[nH]c2=O)C[C@H](O)[C@@H](CO)O1. The van der Waals surface area contributed by atoms with Crippen LogP contribution < -0.4 is 16.1 Å². The number of nitrogens with zero attached hydrogens (tertiary/aromatic N) is 4. The molecule has 5 rings (SSSR count). The third kappa shape index (κ3) is 6.09. The van der Waals surface area contributed by atoms with Crippen molar-refractivity contribution < 1.29 is 33.1 Å². The first-order chi connectivity index (χ1) is 19.6. The van der Waals surface area contributed by atoms with Crippen molar-refractivity contribution in [3.63, 3.8) is 0 Å². The van der Waals surface area contributed by atoms with E-state index >= 15 is 0 Å². The predicted molar refractivity (Wildman–Crippen MR) is 149 cm³/mol. The fourth-order valence-electron chi connectivity index (χ4n) is 4.67. The number of phosphoric acid groups is 1. The molecule has 1 aliphatic rings. The van der Waals surface area contributed by atoms with Gasteiger partial charge in [-0.25, -0.2) is 19.3 Å². The molecule has 218 valence electrons. The number of benzene rings is 2. The van der Waals surface area contributed by atoms with Crippen molar-refractivity contribution in [2.45, 2.75) is 24.4 Å². The summed E-state index contributed by atoms with van der Waals surface area (Å²) in [6.45, 7) is -0.847. The van der Waals surface area contributed by atoms with Crippen LogP contribution in [0, 0.1) is 0 Å². The van der Waals surface area contributed by atoms with Crippen LogP contribution in [0.2, 0.25) is 0 Å². The van der Waals surface area contributed by atoms with Gasteiger partial charge in [-0.1, -0.05) is 12.1 Å². The van der Waals surface area contributed by atoms with Crippen LogP contribution in [0.15, 0.2) is 64.3 Å². The summed E-state index contributed by atoms with van der Waals surface area (Å²) in [5.41, 5.74) is 0.734. The summed E-state index contributed by atoms with van der Waals surface area (Å²) in [7, 11) is -1.18. The fraction of sp³-hybridized carbons (Fsp3) is 0.385. The molecule has 41 heavy (non-hydrogen) atoms. The minimum Gasteiger partial charge on any atom is -0.394 e. The van der Waals surface area contributed by atoms with Gasteiger partial charge < -0.3 is 19.8 Å². The van der Waals surface area contributed by atoms with Crippen LogP contribution in [0.25, 0.3) is 22.1 Å². The summed E-state index contributed by atoms with van der Waals surface area (Å²) in [6.07, 6.45) is -1.24. The molecule has 1 unspecified atom stereocenters. The first kappa shape index (κ1) is 29.0. The highest BCUT2D eigenvalue weighted by Crippen LogP contribution is 2.50. The monoisotopic (exact) mass is 587 g/mol. The van der Waals surface area contributed by atoms with Crippen molar-refractivity contribution in [3.05, 3.63) is 75.6 Å². The Morgan fingerprint density at radius 1 is 1.12 bits per heavy atom. The number of aliphatic hydroxyl groups is 2. The standard InChI is InChI=1S/C26H30N5O9P/c1-30(17-7-8-20-21(13-17)28-19-6-4-3-5-18(19)27-20)11-12-38-41(36,37-2)39-16-26(14-22(33)23(15-32)40-26)31-10-9-24(34)29-25(31)35/h3-10,13,22-23,32-33H,11-12,14-16H2,1-2H3,(H,29,34,35)/t22-,23+,26-,41?/m0/s1. The smallest absolute Gasteiger partial charge is 0.394 e. The zero-order valence-electron chi connectivity index (χ0n) is 22.4. The average molecular weight is 588 g/mol. The molecule has 0 amide bonds. The lowest BCUT2D eigenvalue weighted by molar-refractivity contribution is -0.141. The number of H-pyrrole nitrogens is 1. The van der Waals surface area contributed by atoms with E-state index in [0.717, 1.165) is 45.5 Å². The van der Waals surface area contributed by atoms with Gasteiger partial charge in [-0.3, -0.25) is 27.9 Å². The quantitative estimate of drug-likeness (QED) is 0.170. The first-order valence-corrected chi connectivity index (χ1v) is 14.2. The largest absolute Gasteiger partial charge is 0.474 e. The first-order valence-electron chi connectivity index (χ1n) is 12.8. The van der Waals surface area contributed by atoms with Crippen LogP contribution in [-0.4, -0.2) is 82.5 Å². The average Bonchev–Trinajstić information content (AvgIpc) is 3.30. The summed E-state index contributed by atoms with van der Waals surface area (Å²) >= 11 is 0. The summed E-state index contributed by atoms with van der Waals surface area (Å²) < 4.78 is 36.2. The second kappa shape index (κ2) is 11.8. The molecule has 4 aromatic rings. The number of phosphoric ester groups is 1. The molecule has 1 fully saturated rings. The molecule has 2 aromatic heterocycles. The Labute approximate surface area is 233 Å². The van der Waals surface area contributed by atoms with E-state index in [9.17, 15) is 24.4 Å². The summed E-state index contributed by atoms with van der Waals surface area (Å²) in [5.74, 6) is 0. The molecule has 3 N–H and O–H groups in total. The van der Waals surface area contributed by atoms with Crippen LogP contribution in [0.3, 0.4) is 0 Å². The van der Waals surface area contributed by atoms with Gasteiger partial charge in [0.05, 0.1) is 41.4 Å². The maximum Gasteiger partial charge on any atom is 0.474 e. The molecule has 1 aliphatic heterocycles. The maximum absolute atomic E-state index is 13.3. The molecule has 0 radical (unpaired) electrons. The molecule has 3 heterocycles. The second-order valence-corrected chi connectivity index (χ2v) is 11.4. The highest BCUT2D eigenvalue weighted by atomic mass is 31.2. The number of aromatic amines is 1. The van der Waals surface area contributed by atoms with E-state index in [1.807, 2.05) is 54.4 Å². The van der Waals surface area contributed by atoms with E-state index in [2.05, 4.69) is 15.0 Å². The molecular weight excluding hydrogens is 557 g/mol. The van der Waals surface area contributed by atoms with Crippen molar-refractivity contribution in [1.29, 1.82) is 0 Å². The Morgan fingerprint density at radius 2 is 1.83 bits per heavy atom. The summed E-state index contributed by atoms with van der Waals surface area (Å²) in [4.78, 5) is 37.4. The number of para-hydroxylation sites is 2. The third-order valence-electron chi connectivity index (χ3n) is 6.88. The van der Waals surface area contributed by atoms with E-state index < -0.39 is 50.2 Å². The van der Waals surface area contributed by atoms with Gasteiger partial charge in [-0.05, 0) is 30.3 Å². The number of fused-ring (bicyclic) bond motifs is 2. The van der Waals surface area contributed by atoms with Crippen molar-refractivity contribution in [1.82, 2.24) is 19.5 Å². The van der Waals surface area contributed by atoms with Gasteiger partial charge in [0, 0.05) is 45.1 Å². The molecule has 0 spiro atoms. The van der Waals surface area contributed by atoms with Crippen LogP contribution in [-0.2, 0) is 28.6 Å². The van der Waals surface area contributed by atoms with E-state index in [0.29, 0.717) is 6.54 Å². The van der Waals surface area contributed by atoms with E-state index in [-0.39, 0.29) is 13.0 Å². The number of anilines is 1. The minimum absolute atomic E-state index is 0.0581. The normalized spacial score (nSPS) is 22.2. The van der Waals surface area contributed by atoms with Gasteiger partial charge in [0.1, 0.15) is 12.7 Å². The van der Waals surface area contributed by atoms with Crippen LogP contribution in [0.4, 0.5) is 5.69 Å². The Morgan fingerprint density at radius 3 is 2.49 bits per heavy atom. The fourth-order valence-corrected chi connectivity index (χ4v) is 5.62. The molecule has 4 atom stereocenters. The number of ether oxygens (including phenoxy) is 1. The molecule has 14 nitrogen and oxygen atoms in total. The lowest BCUT2D eigenvalue weighted by Gasteiger charge is -2.31. The lowest BCUT2D eigenvalue weighted by Crippen LogP contribution is -2.47. The number of rotatable bonds is 11. The Hall–Kier alpha value is -3.49. The molecule has 0 saturated carbocycles. The van der Waals surface area contributed by atoms with Crippen LogP contribution in [0.1, 0.15) is 6.42 Å². The van der Waals surface area contributed by atoms with Crippen molar-refractivity contribution in [2.75, 3.05) is 45.4 Å². The van der Waals surface area contributed by atoms with E-state index in [4.69, 9.17) is 18.3 Å². The van der Waals surface area contributed by atoms with Crippen molar-refractivity contribution in [2.24, 2.45) is 0 Å². The molecule has 0 aliphatic carbocycles. The number of hydrogen-bond donors (Lipinski definition) is 3. The number of aliphatic hydroxyl groups excluding tert-OH is 2. The lowest BCUT2D eigenvalue weighted by atomic mass is 10.1. The number of hydrogen-bond acceptors (Lipinski definition) is 12. The Balaban J connectivity index is 1.26. The predicted octanol–water partition coefficient (Wildman–Crippen LogP) is 1.35. The van der Waals surface area contributed by atoms with Gasteiger partial charge in [0.2, 0.25) is 0 Å². The maximum atomic E-state index is 13.3. The van der Waals surface area contributed by atoms with Gasteiger partial charge >= 0.3 is 13.5 Å². The molecule has 2 aromatic carbocycles. The highest BCUT2D eigenvalue weighted by Gasteiger charge is 2.49. The van der Waals surface area contributed by atoms with Crippen molar-refractivity contribution >= 4 is 35.6 Å². The highest BCUT2D eigenvalue weighted by molar-refractivity contribution is 7.48. The molecular formula is C26H30N5O9P. The number of aromatic nitrogens is 4. The zero-order chi connectivity index (χ0) is 29.2. The Kier molecular flexibility index (Phi) is 8.34. The number of nitrogens with one attached hydrogen (secondary N) is 1. The van der Waals surface area contributed by atoms with Crippen LogP contribution in [0.5, 0.6) is 0 Å². The Bertz CT molecular complexity index is 1710. The molecule has 1 saturated heterocycles. The second-order valence-electron chi connectivity index (χ2n) is 9.58. The third-order valence-corrected chi connectivity index (χ3v) is 8.27. The van der Waals surface area contributed by atoms with Gasteiger partial charge in [-0.2, -0.15) is 0 Å². The summed E-state index contributed by atoms with van der Waals surface area (Å²) in [6, 6.07) is 14.4. The molecule has 0 bridgehead atoms. The van der Waals surface area contributed by atoms with Gasteiger partial charge in [0.25, 0.3) is 5.56 Å². The van der Waals surface area contributed by atoms with Gasteiger partial charge in [-0.15, -0.1) is 0 Å². The van der Waals surface area contributed by atoms with Gasteiger partial charge in [0.15, 0.2) is 5.72 Å². The van der Waals surface area contributed by atoms with Crippen molar-refractivity contribution in [3.8, 4) is 0 Å². The summed E-state index contributed by atoms with van der Waals surface area (Å²) in [5, 5.41) is 20.0. The van der Waals surface area contributed by atoms with E-state index in [1.165, 1.54) is 6.20 Å². The zero-order valence-corrected chi connectivity index (χ0v) is 23.3.